The van der Waals surface area contributed by atoms with Crippen LogP contribution in [0, 0.1) is 0 Å². The highest BCUT2D eigenvalue weighted by atomic mass is 16.3. The van der Waals surface area contributed by atoms with Gasteiger partial charge in [-0.25, -0.2) is 0 Å². The fourth-order valence-corrected chi connectivity index (χ4v) is 3.74. The van der Waals surface area contributed by atoms with Gasteiger partial charge < -0.3 is 14.6 Å². The van der Waals surface area contributed by atoms with E-state index in [-0.39, 0.29) is 5.91 Å². The normalized spacial score (nSPS) is 20.9. The minimum atomic E-state index is -0.402. The summed E-state index contributed by atoms with van der Waals surface area (Å²) in [5.74, 6) is 1.15. The summed E-state index contributed by atoms with van der Waals surface area (Å²) in [6.45, 7) is 3.21. The summed E-state index contributed by atoms with van der Waals surface area (Å²) in [4.78, 5) is 17.2. The molecule has 1 amide bonds. The van der Waals surface area contributed by atoms with Crippen molar-refractivity contribution in [2.24, 2.45) is 0 Å². The molecule has 0 radical (unpaired) electrons. The lowest BCUT2D eigenvalue weighted by atomic mass is 9.85. The number of para-hydroxylation sites is 1. The average molecular weight is 311 g/mol. The Morgan fingerprint density at radius 1 is 1.09 bits per heavy atom. The molecule has 2 aliphatic heterocycles. The largest absolute Gasteiger partial charge is 0.468 e. The SMILES string of the molecule is O=C1NCN(c2ccccc2)C12CCN(Cc1ccco1)CC2. The maximum absolute atomic E-state index is 12.6. The molecule has 1 N–H and O–H groups in total. The summed E-state index contributed by atoms with van der Waals surface area (Å²) in [6.07, 6.45) is 3.39. The lowest BCUT2D eigenvalue weighted by molar-refractivity contribution is -0.125. The molecule has 5 heteroatoms. The lowest BCUT2D eigenvalue weighted by Gasteiger charge is -2.43. The zero-order valence-electron chi connectivity index (χ0n) is 13.1. The second-order valence-corrected chi connectivity index (χ2v) is 6.31. The second-order valence-electron chi connectivity index (χ2n) is 6.31. The van der Waals surface area contributed by atoms with Crippen LogP contribution in [0.25, 0.3) is 0 Å². The van der Waals surface area contributed by atoms with E-state index in [4.69, 9.17) is 4.42 Å². The average Bonchev–Trinajstić information content (AvgIpc) is 3.20. The number of furan rings is 1. The number of rotatable bonds is 3. The van der Waals surface area contributed by atoms with E-state index in [1.807, 2.05) is 30.3 Å². The molecule has 5 nitrogen and oxygen atoms in total. The molecule has 1 aromatic carbocycles. The van der Waals surface area contributed by atoms with Crippen LogP contribution in [0.15, 0.2) is 53.1 Å². The monoisotopic (exact) mass is 311 g/mol. The van der Waals surface area contributed by atoms with E-state index in [0.29, 0.717) is 6.67 Å². The van der Waals surface area contributed by atoms with Crippen LogP contribution in [0.3, 0.4) is 0 Å². The predicted octanol–water partition coefficient (Wildman–Crippen LogP) is 2.21. The van der Waals surface area contributed by atoms with Crippen molar-refractivity contribution in [3.8, 4) is 0 Å². The van der Waals surface area contributed by atoms with Gasteiger partial charge in [-0.15, -0.1) is 0 Å². The molecule has 1 aromatic heterocycles. The Labute approximate surface area is 135 Å². The van der Waals surface area contributed by atoms with Crippen LogP contribution in [-0.4, -0.2) is 36.1 Å². The first kappa shape index (κ1) is 14.3. The number of amides is 1. The molecule has 0 aliphatic carbocycles. The molecule has 120 valence electrons. The predicted molar refractivity (Wildman–Crippen MR) is 87.9 cm³/mol. The molecule has 0 unspecified atom stereocenters. The van der Waals surface area contributed by atoms with Crippen LogP contribution < -0.4 is 10.2 Å². The van der Waals surface area contributed by atoms with Crippen LogP contribution >= 0.6 is 0 Å². The van der Waals surface area contributed by atoms with Crippen LogP contribution in [0.2, 0.25) is 0 Å². The Kier molecular flexibility index (Phi) is 3.58. The number of benzene rings is 1. The smallest absolute Gasteiger partial charge is 0.247 e. The van der Waals surface area contributed by atoms with E-state index in [1.165, 1.54) is 0 Å². The number of carbonyl (C=O) groups excluding carboxylic acids is 1. The van der Waals surface area contributed by atoms with E-state index in [1.54, 1.807) is 6.26 Å². The van der Waals surface area contributed by atoms with Gasteiger partial charge in [-0.3, -0.25) is 9.69 Å². The number of hydrogen-bond acceptors (Lipinski definition) is 4. The number of likely N-dealkylation sites (tertiary alicyclic amines) is 1. The summed E-state index contributed by atoms with van der Waals surface area (Å²) in [5, 5.41) is 3.04. The number of carbonyl (C=O) groups is 1. The van der Waals surface area contributed by atoms with Gasteiger partial charge in [0, 0.05) is 18.8 Å². The number of piperidine rings is 1. The first-order valence-corrected chi connectivity index (χ1v) is 8.14. The van der Waals surface area contributed by atoms with Crippen molar-refractivity contribution >= 4 is 11.6 Å². The third-order valence-corrected chi connectivity index (χ3v) is 5.05. The molecule has 3 heterocycles. The third-order valence-electron chi connectivity index (χ3n) is 5.05. The van der Waals surface area contributed by atoms with Gasteiger partial charge in [0.15, 0.2) is 0 Å². The highest BCUT2D eigenvalue weighted by Gasteiger charge is 2.50. The topological polar surface area (TPSA) is 48.7 Å². The molecule has 2 aliphatic rings. The van der Waals surface area contributed by atoms with E-state index in [2.05, 4.69) is 27.2 Å². The zero-order chi connectivity index (χ0) is 15.7. The molecule has 0 saturated carbocycles. The van der Waals surface area contributed by atoms with E-state index in [9.17, 15) is 4.79 Å². The lowest BCUT2D eigenvalue weighted by Crippen LogP contribution is -2.56. The Hall–Kier alpha value is -2.27. The van der Waals surface area contributed by atoms with Crippen molar-refractivity contribution in [2.45, 2.75) is 24.9 Å². The maximum atomic E-state index is 12.6. The molecule has 1 spiro atoms. The third kappa shape index (κ3) is 2.51. The summed E-state index contributed by atoms with van der Waals surface area (Å²) < 4.78 is 5.43. The Morgan fingerprint density at radius 3 is 2.57 bits per heavy atom. The Morgan fingerprint density at radius 2 is 1.87 bits per heavy atom. The van der Waals surface area contributed by atoms with Gasteiger partial charge >= 0.3 is 0 Å². The van der Waals surface area contributed by atoms with Crippen molar-refractivity contribution < 1.29 is 9.21 Å². The molecule has 2 saturated heterocycles. The van der Waals surface area contributed by atoms with E-state index < -0.39 is 5.54 Å². The molecule has 23 heavy (non-hydrogen) atoms. The van der Waals surface area contributed by atoms with Gasteiger partial charge in [0.05, 0.1) is 19.5 Å². The van der Waals surface area contributed by atoms with Crippen LogP contribution in [0.5, 0.6) is 0 Å². The van der Waals surface area contributed by atoms with Crippen LogP contribution in [0.4, 0.5) is 5.69 Å². The number of nitrogens with zero attached hydrogens (tertiary/aromatic N) is 2. The van der Waals surface area contributed by atoms with Crippen molar-refractivity contribution in [2.75, 3.05) is 24.7 Å². The Bertz CT molecular complexity index is 661. The van der Waals surface area contributed by atoms with E-state index in [0.717, 1.165) is 43.9 Å². The van der Waals surface area contributed by atoms with Gasteiger partial charge in [-0.2, -0.15) is 0 Å². The fourth-order valence-electron chi connectivity index (χ4n) is 3.74. The molecule has 2 aromatic rings. The van der Waals surface area contributed by atoms with E-state index >= 15 is 0 Å². The maximum Gasteiger partial charge on any atom is 0.247 e. The first-order valence-electron chi connectivity index (χ1n) is 8.14. The van der Waals surface area contributed by atoms with Crippen molar-refractivity contribution in [1.82, 2.24) is 10.2 Å². The summed E-state index contributed by atoms with van der Waals surface area (Å²) >= 11 is 0. The summed E-state index contributed by atoms with van der Waals surface area (Å²) in [6, 6.07) is 14.1. The fraction of sp³-hybridized carbons (Fsp3) is 0.389. The second kappa shape index (κ2) is 5.74. The number of hydrogen-bond donors (Lipinski definition) is 1. The standard InChI is InChI=1S/C18H21N3O2/c22-17-18(21(14-19-17)15-5-2-1-3-6-15)8-10-20(11-9-18)13-16-7-4-12-23-16/h1-7,12H,8-11,13-14H2,(H,19,22). The van der Waals surface area contributed by atoms with Gasteiger partial charge in [-0.05, 0) is 37.1 Å². The summed E-state index contributed by atoms with van der Waals surface area (Å²) in [7, 11) is 0. The minimum absolute atomic E-state index is 0.166. The molecule has 4 rings (SSSR count). The zero-order valence-corrected chi connectivity index (χ0v) is 13.1. The van der Waals surface area contributed by atoms with Crippen molar-refractivity contribution in [3.05, 3.63) is 54.5 Å². The number of anilines is 1. The quantitative estimate of drug-likeness (QED) is 0.944. The van der Waals surface area contributed by atoms with Gasteiger partial charge in [0.1, 0.15) is 11.3 Å². The highest BCUT2D eigenvalue weighted by molar-refractivity contribution is 5.93. The van der Waals surface area contributed by atoms with Crippen LogP contribution in [0.1, 0.15) is 18.6 Å². The molecule has 2 fully saturated rings. The van der Waals surface area contributed by atoms with Crippen molar-refractivity contribution in [3.63, 3.8) is 0 Å². The summed E-state index contributed by atoms with van der Waals surface area (Å²) in [5.41, 5.74) is 0.714. The number of nitrogens with one attached hydrogen (secondary N) is 1. The Balaban J connectivity index is 1.50. The molecule has 0 bridgehead atoms. The molecular weight excluding hydrogens is 290 g/mol. The van der Waals surface area contributed by atoms with Gasteiger partial charge in [-0.1, -0.05) is 18.2 Å². The van der Waals surface area contributed by atoms with Gasteiger partial charge in [0.25, 0.3) is 0 Å². The molecular formula is C18H21N3O2. The van der Waals surface area contributed by atoms with Gasteiger partial charge in [0.2, 0.25) is 5.91 Å². The first-order chi connectivity index (χ1) is 11.3. The molecule has 0 atom stereocenters. The van der Waals surface area contributed by atoms with Crippen LogP contribution in [-0.2, 0) is 11.3 Å². The van der Waals surface area contributed by atoms with Crippen molar-refractivity contribution in [1.29, 1.82) is 0 Å². The highest BCUT2D eigenvalue weighted by Crippen LogP contribution is 2.36. The minimum Gasteiger partial charge on any atom is -0.468 e.